The van der Waals surface area contributed by atoms with Crippen molar-refractivity contribution in [2.24, 2.45) is 17.8 Å². The summed E-state index contributed by atoms with van der Waals surface area (Å²) in [6, 6.07) is 2.99. The molecule has 0 heterocycles. The minimum absolute atomic E-state index is 0.263. The summed E-state index contributed by atoms with van der Waals surface area (Å²) >= 11 is 0. The van der Waals surface area contributed by atoms with E-state index in [9.17, 15) is 4.39 Å². The molecular formula is C17H29FN2O. The Bertz CT molecular complexity index is 439. The first-order chi connectivity index (χ1) is 9.86. The Hall–Kier alpha value is -1.45. The van der Waals surface area contributed by atoms with Gasteiger partial charge in [0.2, 0.25) is 0 Å². The molecule has 0 aliphatic carbocycles. The SMILES string of the molecule is CCCOc1cc(NCC(C(C)C)C(C)C)c(N)cc1F. The lowest BCUT2D eigenvalue weighted by molar-refractivity contribution is 0.300. The van der Waals surface area contributed by atoms with Crippen LogP contribution in [0.25, 0.3) is 0 Å². The van der Waals surface area contributed by atoms with E-state index in [0.717, 1.165) is 18.7 Å². The summed E-state index contributed by atoms with van der Waals surface area (Å²) in [5, 5.41) is 3.35. The molecule has 3 nitrogen and oxygen atoms in total. The minimum Gasteiger partial charge on any atom is -0.490 e. The monoisotopic (exact) mass is 296 g/mol. The Labute approximate surface area is 128 Å². The molecule has 1 aromatic carbocycles. The third-order valence-electron chi connectivity index (χ3n) is 3.81. The van der Waals surface area contributed by atoms with E-state index in [-0.39, 0.29) is 5.75 Å². The van der Waals surface area contributed by atoms with Crippen LogP contribution in [0, 0.1) is 23.6 Å². The molecule has 0 aliphatic heterocycles. The molecule has 21 heavy (non-hydrogen) atoms. The Kier molecular flexibility index (Phi) is 6.79. The topological polar surface area (TPSA) is 47.3 Å². The minimum atomic E-state index is -0.407. The van der Waals surface area contributed by atoms with Crippen molar-refractivity contribution in [3.8, 4) is 5.75 Å². The average molecular weight is 296 g/mol. The third kappa shape index (κ3) is 5.10. The number of hydrogen-bond donors (Lipinski definition) is 2. The van der Waals surface area contributed by atoms with Gasteiger partial charge in [-0.3, -0.25) is 0 Å². The normalized spacial score (nSPS) is 11.5. The summed E-state index contributed by atoms with van der Waals surface area (Å²) < 4.78 is 19.2. The molecule has 0 atom stereocenters. The van der Waals surface area contributed by atoms with E-state index in [1.165, 1.54) is 6.07 Å². The molecule has 1 aromatic rings. The lowest BCUT2D eigenvalue weighted by atomic mass is 9.85. The van der Waals surface area contributed by atoms with E-state index in [0.29, 0.717) is 30.0 Å². The smallest absolute Gasteiger partial charge is 0.167 e. The van der Waals surface area contributed by atoms with Crippen molar-refractivity contribution in [2.75, 3.05) is 24.2 Å². The Balaban J connectivity index is 2.82. The molecule has 4 heteroatoms. The number of rotatable bonds is 8. The molecule has 0 saturated heterocycles. The number of nitrogen functional groups attached to an aromatic ring is 1. The van der Waals surface area contributed by atoms with Crippen LogP contribution in [-0.2, 0) is 0 Å². The highest BCUT2D eigenvalue weighted by molar-refractivity contribution is 5.68. The number of benzene rings is 1. The predicted octanol–water partition coefficient (Wildman–Crippen LogP) is 4.54. The molecule has 3 N–H and O–H groups in total. The molecule has 0 fully saturated rings. The summed E-state index contributed by atoms with van der Waals surface area (Å²) in [6.07, 6.45) is 0.843. The van der Waals surface area contributed by atoms with Crippen molar-refractivity contribution in [3.63, 3.8) is 0 Å². The van der Waals surface area contributed by atoms with Crippen LogP contribution in [0.3, 0.4) is 0 Å². The van der Waals surface area contributed by atoms with Crippen LogP contribution in [0.4, 0.5) is 15.8 Å². The second-order valence-electron chi connectivity index (χ2n) is 6.25. The Morgan fingerprint density at radius 2 is 1.81 bits per heavy atom. The van der Waals surface area contributed by atoms with Gasteiger partial charge in [-0.2, -0.15) is 0 Å². The lowest BCUT2D eigenvalue weighted by Gasteiger charge is -2.26. The zero-order valence-corrected chi connectivity index (χ0v) is 13.9. The van der Waals surface area contributed by atoms with Crippen LogP contribution in [0.15, 0.2) is 12.1 Å². The molecule has 0 aromatic heterocycles. The first-order valence-electron chi connectivity index (χ1n) is 7.82. The largest absolute Gasteiger partial charge is 0.490 e. The number of anilines is 2. The first-order valence-corrected chi connectivity index (χ1v) is 7.82. The predicted molar refractivity (Wildman–Crippen MR) is 88.3 cm³/mol. The van der Waals surface area contributed by atoms with E-state index < -0.39 is 5.82 Å². The zero-order chi connectivity index (χ0) is 16.0. The molecule has 1 rings (SSSR count). The van der Waals surface area contributed by atoms with Crippen molar-refractivity contribution >= 4 is 11.4 Å². The van der Waals surface area contributed by atoms with Gasteiger partial charge in [-0.1, -0.05) is 34.6 Å². The van der Waals surface area contributed by atoms with Gasteiger partial charge >= 0.3 is 0 Å². The summed E-state index contributed by atoms with van der Waals surface area (Å²) in [6.45, 7) is 12.2. The van der Waals surface area contributed by atoms with Gasteiger partial charge in [0.1, 0.15) is 0 Å². The second-order valence-corrected chi connectivity index (χ2v) is 6.25. The standard InChI is InChI=1S/C17H29FN2O/c1-6-7-21-17-9-16(15(19)8-14(17)18)20-10-13(11(2)3)12(4)5/h8-9,11-13,20H,6-7,10,19H2,1-5H3. The molecule has 120 valence electrons. The lowest BCUT2D eigenvalue weighted by Crippen LogP contribution is -2.24. The fourth-order valence-corrected chi connectivity index (χ4v) is 2.51. The van der Waals surface area contributed by atoms with Crippen LogP contribution < -0.4 is 15.8 Å². The van der Waals surface area contributed by atoms with E-state index in [4.69, 9.17) is 10.5 Å². The average Bonchev–Trinajstić information content (AvgIpc) is 2.39. The van der Waals surface area contributed by atoms with Crippen LogP contribution >= 0.6 is 0 Å². The van der Waals surface area contributed by atoms with Crippen molar-refractivity contribution in [1.82, 2.24) is 0 Å². The van der Waals surface area contributed by atoms with Gasteiger partial charge in [0.15, 0.2) is 11.6 Å². The fourth-order valence-electron chi connectivity index (χ4n) is 2.51. The number of hydrogen-bond acceptors (Lipinski definition) is 3. The maximum Gasteiger partial charge on any atom is 0.167 e. The van der Waals surface area contributed by atoms with Gasteiger partial charge in [-0.25, -0.2) is 4.39 Å². The van der Waals surface area contributed by atoms with E-state index in [2.05, 4.69) is 33.0 Å². The van der Waals surface area contributed by atoms with Gasteiger partial charge in [0.25, 0.3) is 0 Å². The van der Waals surface area contributed by atoms with E-state index in [1.54, 1.807) is 6.07 Å². The van der Waals surface area contributed by atoms with E-state index in [1.807, 2.05) is 6.92 Å². The molecule has 0 spiro atoms. The van der Waals surface area contributed by atoms with Crippen molar-refractivity contribution in [1.29, 1.82) is 0 Å². The maximum absolute atomic E-state index is 13.8. The van der Waals surface area contributed by atoms with E-state index >= 15 is 0 Å². The maximum atomic E-state index is 13.8. The summed E-state index contributed by atoms with van der Waals surface area (Å²) in [7, 11) is 0. The van der Waals surface area contributed by atoms with Gasteiger partial charge in [0, 0.05) is 18.7 Å². The number of nitrogens with two attached hydrogens (primary N) is 1. The third-order valence-corrected chi connectivity index (χ3v) is 3.81. The summed E-state index contributed by atoms with van der Waals surface area (Å²) in [5.74, 6) is 1.55. The van der Waals surface area contributed by atoms with Crippen LogP contribution in [0.1, 0.15) is 41.0 Å². The Morgan fingerprint density at radius 1 is 1.19 bits per heavy atom. The summed E-state index contributed by atoms with van der Waals surface area (Å²) in [5.41, 5.74) is 7.06. The molecule has 0 aliphatic rings. The number of halogens is 1. The van der Waals surface area contributed by atoms with Crippen molar-refractivity contribution < 1.29 is 9.13 Å². The zero-order valence-electron chi connectivity index (χ0n) is 13.9. The van der Waals surface area contributed by atoms with Gasteiger partial charge in [-0.15, -0.1) is 0 Å². The van der Waals surface area contributed by atoms with Gasteiger partial charge < -0.3 is 15.8 Å². The fraction of sp³-hybridized carbons (Fsp3) is 0.647. The van der Waals surface area contributed by atoms with Crippen LogP contribution in [-0.4, -0.2) is 13.2 Å². The van der Waals surface area contributed by atoms with Crippen molar-refractivity contribution in [2.45, 2.75) is 41.0 Å². The molecule has 0 saturated carbocycles. The van der Waals surface area contributed by atoms with Crippen LogP contribution in [0.2, 0.25) is 0 Å². The second kappa shape index (κ2) is 8.11. The highest BCUT2D eigenvalue weighted by Gasteiger charge is 2.18. The van der Waals surface area contributed by atoms with Gasteiger partial charge in [0.05, 0.1) is 18.0 Å². The molecule has 0 amide bonds. The highest BCUT2D eigenvalue weighted by Crippen LogP contribution is 2.29. The molecular weight excluding hydrogens is 267 g/mol. The van der Waals surface area contributed by atoms with Crippen molar-refractivity contribution in [3.05, 3.63) is 17.9 Å². The quantitative estimate of drug-likeness (QED) is 0.692. The molecule has 0 radical (unpaired) electrons. The van der Waals surface area contributed by atoms with Gasteiger partial charge in [-0.05, 0) is 24.2 Å². The molecule has 0 unspecified atom stereocenters. The number of ether oxygens (including phenoxy) is 1. The molecule has 0 bridgehead atoms. The Morgan fingerprint density at radius 3 is 2.33 bits per heavy atom. The highest BCUT2D eigenvalue weighted by atomic mass is 19.1. The number of nitrogens with one attached hydrogen (secondary N) is 1. The summed E-state index contributed by atoms with van der Waals surface area (Å²) in [4.78, 5) is 0. The van der Waals surface area contributed by atoms with Crippen LogP contribution in [0.5, 0.6) is 5.75 Å². The first kappa shape index (κ1) is 17.6.